The van der Waals surface area contributed by atoms with Gasteiger partial charge in [-0.05, 0) is 46.9 Å². The van der Waals surface area contributed by atoms with Gasteiger partial charge in [0.2, 0.25) is 10.6 Å². The van der Waals surface area contributed by atoms with Gasteiger partial charge < -0.3 is 10.0 Å². The molecule has 0 aliphatic rings. The number of hydrogen-bond acceptors (Lipinski definition) is 6. The highest BCUT2D eigenvalue weighted by Gasteiger charge is 2.08. The lowest BCUT2D eigenvalue weighted by Gasteiger charge is -2.05. The number of rotatable bonds is 2. The molecule has 0 saturated heterocycles. The highest BCUT2D eigenvalue weighted by molar-refractivity contribution is 6.58. The molecule has 0 atom stereocenters. The summed E-state index contributed by atoms with van der Waals surface area (Å²) in [6.45, 7) is 0. The Balaban J connectivity index is 0.000000169. The van der Waals surface area contributed by atoms with Crippen molar-refractivity contribution >= 4 is 69.2 Å². The van der Waals surface area contributed by atoms with Gasteiger partial charge in [-0.25, -0.2) is 19.9 Å². The van der Waals surface area contributed by atoms with Crippen LogP contribution in [0.3, 0.4) is 0 Å². The molecule has 4 aromatic carbocycles. The molecule has 0 aliphatic carbocycles. The molecule has 0 unspecified atom stereocenters. The summed E-state index contributed by atoms with van der Waals surface area (Å²) >= 11 is 17.4. The predicted molar refractivity (Wildman–Crippen MR) is 163 cm³/mol. The van der Waals surface area contributed by atoms with Gasteiger partial charge >= 0.3 is 7.12 Å². The first-order chi connectivity index (χ1) is 18.4. The van der Waals surface area contributed by atoms with Crippen LogP contribution in [0, 0.1) is 0 Å². The van der Waals surface area contributed by atoms with Crippen LogP contribution in [0.2, 0.25) is 15.7 Å². The molecular weight excluding hydrogens is 554 g/mol. The van der Waals surface area contributed by atoms with Gasteiger partial charge in [0.05, 0.1) is 16.7 Å². The second-order valence-corrected chi connectivity index (χ2v) is 8.84. The fourth-order valence-electron chi connectivity index (χ4n) is 3.50. The lowest BCUT2D eigenvalue weighted by Crippen LogP contribution is -2.29. The molecule has 0 bridgehead atoms. The highest BCUT2D eigenvalue weighted by atomic mass is 35.5. The van der Waals surface area contributed by atoms with Crippen molar-refractivity contribution in [2.75, 3.05) is 0 Å². The Morgan fingerprint density at radius 3 is 1.54 bits per heavy atom. The molecule has 0 spiro atoms. The quantitative estimate of drug-likeness (QED) is 0.132. The minimum absolute atomic E-state index is 0. The Hall–Kier alpha value is -3.59. The van der Waals surface area contributed by atoms with E-state index in [1.54, 1.807) is 24.3 Å². The van der Waals surface area contributed by atoms with Crippen LogP contribution in [-0.2, 0) is 0 Å². The second kappa shape index (κ2) is 14.5. The zero-order valence-corrected chi connectivity index (χ0v) is 22.1. The van der Waals surface area contributed by atoms with E-state index in [9.17, 15) is 0 Å². The van der Waals surface area contributed by atoms with Gasteiger partial charge in [-0.1, -0.05) is 110 Å². The highest BCUT2D eigenvalue weighted by Crippen LogP contribution is 2.26. The van der Waals surface area contributed by atoms with Crippen molar-refractivity contribution in [3.63, 3.8) is 0 Å². The third kappa shape index (κ3) is 8.20. The summed E-state index contributed by atoms with van der Waals surface area (Å²) in [4.78, 5) is 16.4. The van der Waals surface area contributed by atoms with Gasteiger partial charge in [-0.3, -0.25) is 0 Å². The number of benzene rings is 4. The van der Waals surface area contributed by atoms with Crippen molar-refractivity contribution in [3.8, 4) is 11.3 Å². The minimum Gasteiger partial charge on any atom is -0.423 e. The standard InChI is InChI=1S/C14H9ClN2.C8H4Cl2N2.C6H7BO2.CH4/c15-14-16-12-9-5-4-8-11(12)13(17-14)10-6-2-1-3-7-10;9-7-5-3-1-2-4-6(5)11-8(10)12-7;8-7(9)6-4-2-1-3-5-6;/h1-9H;1-4H;1-5,8-9H;1H4. The first kappa shape index (κ1) is 30.0. The van der Waals surface area contributed by atoms with E-state index in [0.29, 0.717) is 10.6 Å². The normalized spacial score (nSPS) is 9.97. The van der Waals surface area contributed by atoms with E-state index in [1.807, 2.05) is 84.9 Å². The van der Waals surface area contributed by atoms with E-state index in [1.165, 1.54) is 0 Å². The summed E-state index contributed by atoms with van der Waals surface area (Å²) in [7, 11) is -1.34. The van der Waals surface area contributed by atoms with Crippen molar-refractivity contribution in [2.45, 2.75) is 7.43 Å². The molecule has 10 heteroatoms. The fourth-order valence-corrected chi connectivity index (χ4v) is 4.13. The minimum atomic E-state index is -1.34. The topological polar surface area (TPSA) is 92.0 Å². The van der Waals surface area contributed by atoms with E-state index in [4.69, 9.17) is 44.9 Å². The molecule has 0 saturated carbocycles. The summed E-state index contributed by atoms with van der Waals surface area (Å²) < 4.78 is 0. The smallest absolute Gasteiger partial charge is 0.423 e. The number of aromatic nitrogens is 4. The Bertz CT molecular complexity index is 1640. The van der Waals surface area contributed by atoms with Crippen LogP contribution in [0.25, 0.3) is 33.1 Å². The van der Waals surface area contributed by atoms with Crippen LogP contribution in [-0.4, -0.2) is 37.1 Å². The maximum Gasteiger partial charge on any atom is 0.488 e. The first-order valence-electron chi connectivity index (χ1n) is 11.4. The second-order valence-electron chi connectivity index (χ2n) is 7.81. The molecule has 6 rings (SSSR count). The number of halogens is 3. The molecule has 2 N–H and O–H groups in total. The third-order valence-corrected chi connectivity index (χ3v) is 5.88. The number of hydrogen-bond donors (Lipinski definition) is 2. The Morgan fingerprint density at radius 1 is 0.513 bits per heavy atom. The fraction of sp³-hybridized carbons (Fsp3) is 0.0345. The monoisotopic (exact) mass is 576 g/mol. The van der Waals surface area contributed by atoms with E-state index in [0.717, 1.165) is 33.1 Å². The molecule has 2 heterocycles. The van der Waals surface area contributed by atoms with Crippen LogP contribution >= 0.6 is 34.8 Å². The SMILES string of the molecule is C.Clc1nc(-c2ccccc2)c2ccccc2n1.Clc1nc(Cl)c2ccccc2n1.OB(O)c1ccccc1. The van der Waals surface area contributed by atoms with Crippen LogP contribution in [0.1, 0.15) is 7.43 Å². The molecule has 0 radical (unpaired) electrons. The number of para-hydroxylation sites is 2. The number of fused-ring (bicyclic) bond motifs is 2. The zero-order chi connectivity index (χ0) is 26.9. The third-order valence-electron chi connectivity index (χ3n) is 5.25. The van der Waals surface area contributed by atoms with Gasteiger partial charge in [-0.15, -0.1) is 0 Å². The zero-order valence-electron chi connectivity index (χ0n) is 19.8. The van der Waals surface area contributed by atoms with E-state index < -0.39 is 7.12 Å². The van der Waals surface area contributed by atoms with E-state index in [-0.39, 0.29) is 18.0 Å². The van der Waals surface area contributed by atoms with Crippen LogP contribution in [0.15, 0.2) is 109 Å². The Labute approximate surface area is 242 Å². The first-order valence-corrected chi connectivity index (χ1v) is 12.5. The lowest BCUT2D eigenvalue weighted by atomic mass is 9.81. The maximum atomic E-state index is 8.58. The number of nitrogens with zero attached hydrogens (tertiary/aromatic N) is 4. The van der Waals surface area contributed by atoms with E-state index >= 15 is 0 Å². The van der Waals surface area contributed by atoms with Gasteiger partial charge in [0.25, 0.3) is 0 Å². The summed E-state index contributed by atoms with van der Waals surface area (Å²) in [6.07, 6.45) is 0. The van der Waals surface area contributed by atoms with E-state index in [2.05, 4.69) is 19.9 Å². The summed E-state index contributed by atoms with van der Waals surface area (Å²) in [5.74, 6) is 0. The van der Waals surface area contributed by atoms with Crippen LogP contribution < -0.4 is 5.46 Å². The molecule has 6 nitrogen and oxygen atoms in total. The van der Waals surface area contributed by atoms with Gasteiger partial charge in [0.15, 0.2) is 0 Å². The van der Waals surface area contributed by atoms with Crippen LogP contribution in [0.4, 0.5) is 0 Å². The van der Waals surface area contributed by atoms with Crippen LogP contribution in [0.5, 0.6) is 0 Å². The van der Waals surface area contributed by atoms with Crippen molar-refractivity contribution in [1.29, 1.82) is 0 Å². The summed E-state index contributed by atoms with van der Waals surface area (Å²) in [5, 5.41) is 19.9. The Kier molecular flexibility index (Phi) is 11.2. The predicted octanol–water partition coefficient (Wildman–Crippen LogP) is 6.89. The van der Waals surface area contributed by atoms with Crippen molar-refractivity contribution in [1.82, 2.24) is 19.9 Å². The largest absolute Gasteiger partial charge is 0.488 e. The average Bonchev–Trinajstić information content (AvgIpc) is 2.94. The van der Waals surface area contributed by atoms with Crippen molar-refractivity contribution in [3.05, 3.63) is 125 Å². The summed E-state index contributed by atoms with van der Waals surface area (Å²) in [6, 6.07) is 34.0. The molecular formula is C29H24BCl3N4O2. The average molecular weight is 578 g/mol. The Morgan fingerprint density at radius 2 is 0.974 bits per heavy atom. The van der Waals surface area contributed by atoms with Crippen molar-refractivity contribution < 1.29 is 10.0 Å². The molecule has 2 aromatic heterocycles. The van der Waals surface area contributed by atoms with Gasteiger partial charge in [0, 0.05) is 16.3 Å². The lowest BCUT2D eigenvalue weighted by molar-refractivity contribution is 0.426. The molecule has 196 valence electrons. The molecule has 39 heavy (non-hydrogen) atoms. The maximum absolute atomic E-state index is 8.58. The molecule has 0 fully saturated rings. The molecule has 0 aliphatic heterocycles. The summed E-state index contributed by atoms with van der Waals surface area (Å²) in [5.41, 5.74) is 4.08. The molecule has 6 aromatic rings. The van der Waals surface area contributed by atoms with Crippen molar-refractivity contribution in [2.24, 2.45) is 0 Å². The molecule has 0 amide bonds. The van der Waals surface area contributed by atoms with Gasteiger partial charge in [0.1, 0.15) is 5.15 Å². The van der Waals surface area contributed by atoms with Gasteiger partial charge in [-0.2, -0.15) is 0 Å².